The van der Waals surface area contributed by atoms with E-state index in [1.54, 1.807) is 6.33 Å². The van der Waals surface area contributed by atoms with Gasteiger partial charge in [0.05, 0.1) is 17.4 Å². The van der Waals surface area contributed by atoms with Crippen molar-refractivity contribution in [2.24, 2.45) is 7.05 Å². The number of rotatable bonds is 2. The van der Waals surface area contributed by atoms with Crippen molar-refractivity contribution in [1.82, 2.24) is 19.7 Å². The monoisotopic (exact) mass is 276 g/mol. The standard InChI is InChI=1S/C16H12N4O/c1-20-10-17-13-8-7-12(9-14(13)20)15-18-16(21-19-15)11-5-3-2-4-6-11/h2-10H,1H3. The van der Waals surface area contributed by atoms with Crippen molar-refractivity contribution in [3.63, 3.8) is 0 Å². The van der Waals surface area contributed by atoms with Crippen LogP contribution in [0.4, 0.5) is 0 Å². The first kappa shape index (κ1) is 11.8. The predicted molar refractivity (Wildman–Crippen MR) is 79.4 cm³/mol. The molecular formula is C16H12N4O. The van der Waals surface area contributed by atoms with Crippen molar-refractivity contribution < 1.29 is 4.52 Å². The molecule has 0 spiro atoms. The van der Waals surface area contributed by atoms with Gasteiger partial charge in [-0.2, -0.15) is 4.98 Å². The summed E-state index contributed by atoms with van der Waals surface area (Å²) < 4.78 is 7.31. The molecule has 2 heterocycles. The largest absolute Gasteiger partial charge is 0.334 e. The molecule has 4 aromatic rings. The van der Waals surface area contributed by atoms with Crippen molar-refractivity contribution in [2.75, 3.05) is 0 Å². The molecule has 0 saturated carbocycles. The van der Waals surface area contributed by atoms with Crippen LogP contribution in [0.15, 0.2) is 59.4 Å². The number of aromatic nitrogens is 4. The van der Waals surface area contributed by atoms with E-state index in [1.807, 2.05) is 60.1 Å². The second-order valence-electron chi connectivity index (χ2n) is 4.85. The molecule has 0 fully saturated rings. The van der Waals surface area contributed by atoms with Crippen molar-refractivity contribution in [2.45, 2.75) is 0 Å². The van der Waals surface area contributed by atoms with E-state index in [4.69, 9.17) is 4.52 Å². The summed E-state index contributed by atoms with van der Waals surface area (Å²) in [4.78, 5) is 8.77. The Kier molecular flexibility index (Phi) is 2.57. The molecule has 2 aromatic heterocycles. The fraction of sp³-hybridized carbons (Fsp3) is 0.0625. The molecule has 0 N–H and O–H groups in total. The van der Waals surface area contributed by atoms with Crippen molar-refractivity contribution in [3.8, 4) is 22.8 Å². The number of benzene rings is 2. The van der Waals surface area contributed by atoms with Crippen LogP contribution in [0.1, 0.15) is 0 Å². The van der Waals surface area contributed by atoms with E-state index in [-0.39, 0.29) is 0 Å². The van der Waals surface area contributed by atoms with Crippen LogP contribution in [-0.2, 0) is 7.05 Å². The third-order valence-corrected chi connectivity index (χ3v) is 3.43. The molecule has 0 radical (unpaired) electrons. The van der Waals surface area contributed by atoms with Gasteiger partial charge in [0.25, 0.3) is 5.89 Å². The van der Waals surface area contributed by atoms with E-state index in [9.17, 15) is 0 Å². The Morgan fingerprint density at radius 3 is 2.71 bits per heavy atom. The van der Waals surface area contributed by atoms with E-state index in [0.717, 1.165) is 22.2 Å². The zero-order valence-corrected chi connectivity index (χ0v) is 11.4. The second kappa shape index (κ2) is 4.56. The van der Waals surface area contributed by atoms with Gasteiger partial charge in [0.2, 0.25) is 5.82 Å². The van der Waals surface area contributed by atoms with Crippen LogP contribution in [0.3, 0.4) is 0 Å². The Bertz CT molecular complexity index is 908. The van der Waals surface area contributed by atoms with Crippen molar-refractivity contribution in [3.05, 3.63) is 54.9 Å². The molecule has 21 heavy (non-hydrogen) atoms. The lowest BCUT2D eigenvalue weighted by Gasteiger charge is -1.97. The van der Waals surface area contributed by atoms with Crippen LogP contribution in [-0.4, -0.2) is 19.7 Å². The predicted octanol–water partition coefficient (Wildman–Crippen LogP) is 3.29. The average Bonchev–Trinajstić information content (AvgIpc) is 3.16. The molecule has 0 aliphatic heterocycles. The minimum atomic E-state index is 0.524. The maximum atomic E-state index is 5.35. The molecule has 0 atom stereocenters. The molecule has 0 bridgehead atoms. The Morgan fingerprint density at radius 1 is 1.00 bits per heavy atom. The highest BCUT2D eigenvalue weighted by molar-refractivity contribution is 5.80. The quantitative estimate of drug-likeness (QED) is 0.563. The van der Waals surface area contributed by atoms with E-state index in [1.165, 1.54) is 0 Å². The zero-order chi connectivity index (χ0) is 14.2. The Balaban J connectivity index is 1.79. The number of nitrogens with zero attached hydrogens (tertiary/aromatic N) is 4. The van der Waals surface area contributed by atoms with Gasteiger partial charge in [-0.1, -0.05) is 23.4 Å². The fourth-order valence-corrected chi connectivity index (χ4v) is 2.30. The SMILES string of the molecule is Cn1cnc2ccc(-c3noc(-c4ccccc4)n3)cc21. The van der Waals surface area contributed by atoms with Crippen LogP contribution >= 0.6 is 0 Å². The molecule has 2 aromatic carbocycles. The summed E-state index contributed by atoms with van der Waals surface area (Å²) in [5.74, 6) is 1.10. The van der Waals surface area contributed by atoms with Crippen LogP contribution in [0.2, 0.25) is 0 Å². The van der Waals surface area contributed by atoms with Crippen LogP contribution in [0.25, 0.3) is 33.9 Å². The minimum Gasteiger partial charge on any atom is -0.334 e. The maximum Gasteiger partial charge on any atom is 0.258 e. The van der Waals surface area contributed by atoms with E-state index in [2.05, 4.69) is 15.1 Å². The first-order chi connectivity index (χ1) is 10.3. The summed E-state index contributed by atoms with van der Waals surface area (Å²) in [5.41, 5.74) is 3.82. The minimum absolute atomic E-state index is 0.524. The highest BCUT2D eigenvalue weighted by Crippen LogP contribution is 2.24. The van der Waals surface area contributed by atoms with Gasteiger partial charge >= 0.3 is 0 Å². The van der Waals surface area contributed by atoms with E-state index >= 15 is 0 Å². The van der Waals surface area contributed by atoms with E-state index < -0.39 is 0 Å². The number of imidazole rings is 1. The second-order valence-corrected chi connectivity index (χ2v) is 4.85. The molecule has 5 nitrogen and oxygen atoms in total. The molecule has 0 aliphatic carbocycles. The average molecular weight is 276 g/mol. The molecular weight excluding hydrogens is 264 g/mol. The molecule has 4 rings (SSSR count). The van der Waals surface area contributed by atoms with Crippen LogP contribution in [0.5, 0.6) is 0 Å². The third kappa shape index (κ3) is 1.99. The summed E-state index contributed by atoms with van der Waals surface area (Å²) in [6.45, 7) is 0. The lowest BCUT2D eigenvalue weighted by atomic mass is 10.2. The smallest absolute Gasteiger partial charge is 0.258 e. The van der Waals surface area contributed by atoms with Gasteiger partial charge in [-0.3, -0.25) is 0 Å². The van der Waals surface area contributed by atoms with E-state index in [0.29, 0.717) is 11.7 Å². The molecule has 0 saturated heterocycles. The summed E-state index contributed by atoms with van der Waals surface area (Å²) in [7, 11) is 1.96. The lowest BCUT2D eigenvalue weighted by Crippen LogP contribution is -1.86. The van der Waals surface area contributed by atoms with Gasteiger partial charge in [-0.15, -0.1) is 0 Å². The molecule has 0 unspecified atom stereocenters. The number of hydrogen-bond donors (Lipinski definition) is 0. The van der Waals surface area contributed by atoms with Gasteiger partial charge < -0.3 is 9.09 Å². The lowest BCUT2D eigenvalue weighted by molar-refractivity contribution is 0.432. The number of hydrogen-bond acceptors (Lipinski definition) is 4. The Morgan fingerprint density at radius 2 is 1.86 bits per heavy atom. The Labute approximate surface area is 120 Å². The first-order valence-electron chi connectivity index (χ1n) is 6.62. The normalized spacial score (nSPS) is 11.1. The third-order valence-electron chi connectivity index (χ3n) is 3.43. The molecule has 5 heteroatoms. The van der Waals surface area contributed by atoms with Gasteiger partial charge in [0.1, 0.15) is 0 Å². The highest BCUT2D eigenvalue weighted by Gasteiger charge is 2.11. The first-order valence-corrected chi connectivity index (χ1v) is 6.62. The highest BCUT2D eigenvalue weighted by atomic mass is 16.5. The zero-order valence-electron chi connectivity index (χ0n) is 11.4. The van der Waals surface area contributed by atoms with Gasteiger partial charge in [0, 0.05) is 18.2 Å². The summed E-state index contributed by atoms with van der Waals surface area (Å²) in [5, 5.41) is 4.07. The van der Waals surface area contributed by atoms with Crippen LogP contribution < -0.4 is 0 Å². The molecule has 0 amide bonds. The van der Waals surface area contributed by atoms with Crippen LogP contribution in [0, 0.1) is 0 Å². The summed E-state index contributed by atoms with van der Waals surface area (Å²) in [6.07, 6.45) is 1.79. The number of fused-ring (bicyclic) bond motifs is 1. The topological polar surface area (TPSA) is 56.7 Å². The molecule has 102 valence electrons. The van der Waals surface area contributed by atoms with Gasteiger partial charge in [-0.25, -0.2) is 4.98 Å². The maximum absolute atomic E-state index is 5.35. The van der Waals surface area contributed by atoms with Gasteiger partial charge in [0.15, 0.2) is 0 Å². The van der Waals surface area contributed by atoms with Crippen molar-refractivity contribution >= 4 is 11.0 Å². The molecule has 0 aliphatic rings. The van der Waals surface area contributed by atoms with Crippen molar-refractivity contribution in [1.29, 1.82) is 0 Å². The van der Waals surface area contributed by atoms with Gasteiger partial charge in [-0.05, 0) is 30.3 Å². The number of aryl methyl sites for hydroxylation is 1. The Hall–Kier alpha value is -2.95. The summed E-state index contributed by atoms with van der Waals surface area (Å²) >= 11 is 0. The summed E-state index contributed by atoms with van der Waals surface area (Å²) in [6, 6.07) is 15.7. The fourth-order valence-electron chi connectivity index (χ4n) is 2.30.